The number of rotatable bonds is 4. The molecule has 3 aromatic rings. The van der Waals surface area contributed by atoms with E-state index in [1.807, 2.05) is 23.1 Å². The van der Waals surface area contributed by atoms with Crippen LogP contribution in [0.2, 0.25) is 0 Å². The van der Waals surface area contributed by atoms with Gasteiger partial charge >= 0.3 is 0 Å². The number of benzene rings is 1. The van der Waals surface area contributed by atoms with Crippen LogP contribution in [0.25, 0.3) is 11.0 Å². The number of aromatic nitrogens is 2. The van der Waals surface area contributed by atoms with Gasteiger partial charge in [-0.1, -0.05) is 18.2 Å². The Labute approximate surface area is 145 Å². The van der Waals surface area contributed by atoms with Crippen molar-refractivity contribution in [2.75, 3.05) is 13.1 Å². The lowest BCUT2D eigenvalue weighted by Gasteiger charge is -2.27. The van der Waals surface area contributed by atoms with Gasteiger partial charge in [0.15, 0.2) is 0 Å². The zero-order chi connectivity index (χ0) is 16.4. The Morgan fingerprint density at radius 1 is 1.08 bits per heavy atom. The molecule has 1 aliphatic heterocycles. The van der Waals surface area contributed by atoms with E-state index in [9.17, 15) is 4.79 Å². The predicted molar refractivity (Wildman–Crippen MR) is 97.3 cm³/mol. The fourth-order valence-corrected chi connectivity index (χ4v) is 4.09. The second-order valence-electron chi connectivity index (χ2n) is 6.30. The van der Waals surface area contributed by atoms with Crippen molar-refractivity contribution in [3.05, 3.63) is 52.5 Å². The van der Waals surface area contributed by atoms with E-state index in [1.165, 1.54) is 11.3 Å². The SMILES string of the molecule is O=C(Cn1c(Cc2cccs2)nc2ccccc21)N1CCCCC1. The zero-order valence-corrected chi connectivity index (χ0v) is 14.5. The Balaban J connectivity index is 1.65. The smallest absolute Gasteiger partial charge is 0.242 e. The van der Waals surface area contributed by atoms with Gasteiger partial charge in [-0.05, 0) is 42.8 Å². The fourth-order valence-electron chi connectivity index (χ4n) is 3.38. The third-order valence-electron chi connectivity index (χ3n) is 4.65. The molecule has 24 heavy (non-hydrogen) atoms. The normalized spacial score (nSPS) is 15.1. The van der Waals surface area contributed by atoms with E-state index in [0.717, 1.165) is 49.2 Å². The number of carbonyl (C=O) groups excluding carboxylic acids is 1. The highest BCUT2D eigenvalue weighted by molar-refractivity contribution is 7.09. The number of hydrogen-bond donors (Lipinski definition) is 0. The molecule has 1 aromatic carbocycles. The van der Waals surface area contributed by atoms with Crippen molar-refractivity contribution in [2.45, 2.75) is 32.2 Å². The molecule has 4 nitrogen and oxygen atoms in total. The van der Waals surface area contributed by atoms with Crippen LogP contribution >= 0.6 is 11.3 Å². The van der Waals surface area contributed by atoms with Crippen LogP contribution in [0.4, 0.5) is 0 Å². The molecule has 4 rings (SSSR count). The maximum atomic E-state index is 12.7. The molecule has 5 heteroatoms. The molecular weight excluding hydrogens is 318 g/mol. The van der Waals surface area contributed by atoms with Crippen molar-refractivity contribution in [3.8, 4) is 0 Å². The average molecular weight is 339 g/mol. The first-order valence-electron chi connectivity index (χ1n) is 8.55. The van der Waals surface area contributed by atoms with Crippen molar-refractivity contribution in [3.63, 3.8) is 0 Å². The summed E-state index contributed by atoms with van der Waals surface area (Å²) in [6, 6.07) is 12.3. The van der Waals surface area contributed by atoms with Crippen molar-refractivity contribution in [1.29, 1.82) is 0 Å². The monoisotopic (exact) mass is 339 g/mol. The standard InChI is InChI=1S/C19H21N3OS/c23-19(21-10-4-1-5-11-21)14-22-17-9-3-2-8-16(17)20-18(22)13-15-7-6-12-24-15/h2-3,6-9,12H,1,4-5,10-11,13-14H2. The zero-order valence-electron chi connectivity index (χ0n) is 13.6. The Morgan fingerprint density at radius 2 is 1.92 bits per heavy atom. The van der Waals surface area contributed by atoms with Crippen LogP contribution in [0.3, 0.4) is 0 Å². The van der Waals surface area contributed by atoms with Gasteiger partial charge in [-0.25, -0.2) is 4.98 Å². The van der Waals surface area contributed by atoms with Crippen LogP contribution in [0.5, 0.6) is 0 Å². The lowest BCUT2D eigenvalue weighted by molar-refractivity contribution is -0.132. The summed E-state index contributed by atoms with van der Waals surface area (Å²) in [5, 5.41) is 2.08. The maximum absolute atomic E-state index is 12.7. The molecule has 2 aromatic heterocycles. The molecule has 1 saturated heterocycles. The van der Waals surface area contributed by atoms with Gasteiger partial charge in [0, 0.05) is 24.4 Å². The number of piperidine rings is 1. The summed E-state index contributed by atoms with van der Waals surface area (Å²) >= 11 is 1.73. The quantitative estimate of drug-likeness (QED) is 0.727. The third-order valence-corrected chi connectivity index (χ3v) is 5.52. The van der Waals surface area contributed by atoms with Gasteiger partial charge in [0.2, 0.25) is 5.91 Å². The highest BCUT2D eigenvalue weighted by Crippen LogP contribution is 2.21. The topological polar surface area (TPSA) is 38.1 Å². The van der Waals surface area contributed by atoms with Gasteiger partial charge in [-0.2, -0.15) is 0 Å². The van der Waals surface area contributed by atoms with Crippen LogP contribution in [0.15, 0.2) is 41.8 Å². The largest absolute Gasteiger partial charge is 0.341 e. The Bertz CT molecular complexity index is 832. The van der Waals surface area contributed by atoms with E-state index in [1.54, 1.807) is 11.3 Å². The first-order chi connectivity index (χ1) is 11.8. The molecular formula is C19H21N3OS. The van der Waals surface area contributed by atoms with Gasteiger partial charge < -0.3 is 9.47 Å². The summed E-state index contributed by atoms with van der Waals surface area (Å²) in [4.78, 5) is 20.8. The number of para-hydroxylation sites is 2. The summed E-state index contributed by atoms with van der Waals surface area (Å²) in [6.45, 7) is 2.18. The van der Waals surface area contributed by atoms with Gasteiger partial charge in [0.05, 0.1) is 11.0 Å². The molecule has 3 heterocycles. The van der Waals surface area contributed by atoms with Crippen LogP contribution in [0.1, 0.15) is 30.0 Å². The van der Waals surface area contributed by atoms with E-state index >= 15 is 0 Å². The third kappa shape index (κ3) is 3.08. The van der Waals surface area contributed by atoms with E-state index in [-0.39, 0.29) is 5.91 Å². The molecule has 1 amide bonds. The minimum absolute atomic E-state index is 0.213. The van der Waals surface area contributed by atoms with Crippen molar-refractivity contribution in [1.82, 2.24) is 14.5 Å². The Kier molecular flexibility index (Phi) is 4.34. The van der Waals surface area contributed by atoms with Crippen LogP contribution < -0.4 is 0 Å². The predicted octanol–water partition coefficient (Wildman–Crippen LogP) is 3.70. The molecule has 0 atom stereocenters. The summed E-state index contributed by atoms with van der Waals surface area (Å²) < 4.78 is 2.10. The van der Waals surface area contributed by atoms with Gasteiger partial charge in [0.25, 0.3) is 0 Å². The number of imidazole rings is 1. The minimum Gasteiger partial charge on any atom is -0.341 e. The van der Waals surface area contributed by atoms with Crippen molar-refractivity contribution >= 4 is 28.3 Å². The van der Waals surface area contributed by atoms with E-state index < -0.39 is 0 Å². The number of nitrogens with zero attached hydrogens (tertiary/aromatic N) is 3. The summed E-state index contributed by atoms with van der Waals surface area (Å²) in [5.41, 5.74) is 2.02. The molecule has 1 aliphatic rings. The number of hydrogen-bond acceptors (Lipinski definition) is 3. The average Bonchev–Trinajstić information content (AvgIpc) is 3.25. The molecule has 0 radical (unpaired) electrons. The number of thiophene rings is 1. The molecule has 0 saturated carbocycles. The van der Waals surface area contributed by atoms with E-state index in [0.29, 0.717) is 6.54 Å². The van der Waals surface area contributed by atoms with Crippen LogP contribution in [-0.2, 0) is 17.8 Å². The van der Waals surface area contributed by atoms with Gasteiger partial charge in [-0.15, -0.1) is 11.3 Å². The maximum Gasteiger partial charge on any atom is 0.242 e. The summed E-state index contributed by atoms with van der Waals surface area (Å²) in [7, 11) is 0. The number of likely N-dealkylation sites (tertiary alicyclic amines) is 1. The molecule has 0 aliphatic carbocycles. The number of fused-ring (bicyclic) bond motifs is 1. The van der Waals surface area contributed by atoms with Gasteiger partial charge in [0.1, 0.15) is 12.4 Å². The first-order valence-corrected chi connectivity index (χ1v) is 9.43. The highest BCUT2D eigenvalue weighted by atomic mass is 32.1. The van der Waals surface area contributed by atoms with Crippen molar-refractivity contribution in [2.24, 2.45) is 0 Å². The highest BCUT2D eigenvalue weighted by Gasteiger charge is 2.20. The minimum atomic E-state index is 0.213. The summed E-state index contributed by atoms with van der Waals surface area (Å²) in [5.74, 6) is 1.19. The van der Waals surface area contributed by atoms with Crippen LogP contribution in [0, 0.1) is 0 Å². The first kappa shape index (κ1) is 15.4. The molecule has 0 bridgehead atoms. The fraction of sp³-hybridized carbons (Fsp3) is 0.368. The molecule has 0 spiro atoms. The second-order valence-corrected chi connectivity index (χ2v) is 7.33. The van der Waals surface area contributed by atoms with Gasteiger partial charge in [-0.3, -0.25) is 4.79 Å². The lowest BCUT2D eigenvalue weighted by atomic mass is 10.1. The van der Waals surface area contributed by atoms with E-state index in [4.69, 9.17) is 4.98 Å². The Morgan fingerprint density at radius 3 is 2.71 bits per heavy atom. The lowest BCUT2D eigenvalue weighted by Crippen LogP contribution is -2.38. The second kappa shape index (κ2) is 6.77. The van der Waals surface area contributed by atoms with Crippen molar-refractivity contribution < 1.29 is 4.79 Å². The summed E-state index contributed by atoms with van der Waals surface area (Å²) in [6.07, 6.45) is 4.26. The van der Waals surface area contributed by atoms with E-state index in [2.05, 4.69) is 28.1 Å². The number of carbonyl (C=O) groups is 1. The van der Waals surface area contributed by atoms with Crippen LogP contribution in [-0.4, -0.2) is 33.4 Å². The Hall–Kier alpha value is -2.14. The number of amides is 1. The molecule has 0 N–H and O–H groups in total. The molecule has 1 fully saturated rings. The molecule has 0 unspecified atom stereocenters. The molecule has 124 valence electrons.